The Bertz CT molecular complexity index is 1170. The van der Waals surface area contributed by atoms with Crippen LogP contribution in [0.15, 0.2) is 30.3 Å². The molecular formula is C24H25F2N3O4S. The number of aryl methyl sites for hydroxylation is 1. The first-order valence-electron chi connectivity index (χ1n) is 11.1. The Hall–Kier alpha value is -3.27. The molecule has 0 saturated carbocycles. The molecule has 180 valence electrons. The second kappa shape index (κ2) is 10.3. The number of anilines is 1. The van der Waals surface area contributed by atoms with Crippen molar-refractivity contribution < 1.29 is 27.8 Å². The Kier molecular flexibility index (Phi) is 7.26. The van der Waals surface area contributed by atoms with E-state index in [0.29, 0.717) is 28.2 Å². The minimum atomic E-state index is -2.90. The molecule has 0 aliphatic heterocycles. The lowest BCUT2D eigenvalue weighted by atomic mass is 9.95. The number of aromatic nitrogens is 2. The number of aromatic amines is 1. The lowest BCUT2D eigenvalue weighted by Crippen LogP contribution is -2.19. The Morgan fingerprint density at radius 2 is 1.94 bits per heavy atom. The van der Waals surface area contributed by atoms with Crippen molar-refractivity contribution in [1.82, 2.24) is 10.2 Å². The first-order chi connectivity index (χ1) is 16.4. The third kappa shape index (κ3) is 5.27. The quantitative estimate of drug-likeness (QED) is 0.389. The van der Waals surface area contributed by atoms with E-state index in [1.807, 2.05) is 13.8 Å². The summed E-state index contributed by atoms with van der Waals surface area (Å²) in [5.74, 6) is -0.821. The number of thiophene rings is 1. The molecule has 7 nitrogen and oxygen atoms in total. The highest BCUT2D eigenvalue weighted by molar-refractivity contribution is 7.17. The largest absolute Gasteiger partial charge is 0.459 e. The number of carbonyl (C=O) groups excluding carboxylic acids is 2. The molecule has 34 heavy (non-hydrogen) atoms. The molecular weight excluding hydrogens is 464 g/mol. The maximum atomic E-state index is 13.0. The molecule has 0 fully saturated rings. The maximum absolute atomic E-state index is 13.0. The Morgan fingerprint density at radius 1 is 1.21 bits per heavy atom. The van der Waals surface area contributed by atoms with Crippen LogP contribution < -0.4 is 10.1 Å². The average molecular weight is 490 g/mol. The zero-order valence-corrected chi connectivity index (χ0v) is 19.6. The van der Waals surface area contributed by atoms with E-state index in [1.54, 1.807) is 18.2 Å². The van der Waals surface area contributed by atoms with E-state index < -0.39 is 18.5 Å². The zero-order valence-electron chi connectivity index (χ0n) is 18.8. The fourth-order valence-corrected chi connectivity index (χ4v) is 5.03. The normalized spacial score (nSPS) is 13.9. The Morgan fingerprint density at radius 3 is 2.65 bits per heavy atom. The van der Waals surface area contributed by atoms with E-state index >= 15 is 0 Å². The number of esters is 1. The van der Waals surface area contributed by atoms with Crippen molar-refractivity contribution in [3.8, 4) is 17.0 Å². The van der Waals surface area contributed by atoms with Crippen molar-refractivity contribution in [3.63, 3.8) is 0 Å². The monoisotopic (exact) mass is 489 g/mol. The van der Waals surface area contributed by atoms with Gasteiger partial charge in [-0.3, -0.25) is 9.89 Å². The highest BCUT2D eigenvalue weighted by atomic mass is 32.1. The molecule has 0 bridgehead atoms. The summed E-state index contributed by atoms with van der Waals surface area (Å²) < 4.78 is 34.6. The minimum Gasteiger partial charge on any atom is -0.459 e. The van der Waals surface area contributed by atoms with Crippen molar-refractivity contribution in [2.75, 3.05) is 5.32 Å². The van der Waals surface area contributed by atoms with Crippen LogP contribution in [-0.4, -0.2) is 34.8 Å². The highest BCUT2D eigenvalue weighted by Crippen LogP contribution is 2.39. The molecule has 1 aliphatic rings. The third-order valence-electron chi connectivity index (χ3n) is 5.68. The fraction of sp³-hybridized carbons (Fsp3) is 0.375. The van der Waals surface area contributed by atoms with Gasteiger partial charge in [-0.2, -0.15) is 13.9 Å². The smallest absolute Gasteiger partial charge is 0.387 e. The Labute approximate surface area is 199 Å². The molecule has 4 rings (SSSR count). The molecule has 3 aromatic rings. The summed E-state index contributed by atoms with van der Waals surface area (Å²) in [6.07, 6.45) is 4.18. The third-order valence-corrected chi connectivity index (χ3v) is 6.89. The molecule has 1 unspecified atom stereocenters. The molecule has 10 heteroatoms. The van der Waals surface area contributed by atoms with Gasteiger partial charge in [-0.25, -0.2) is 4.79 Å². The van der Waals surface area contributed by atoms with Crippen LogP contribution in [0.3, 0.4) is 0 Å². The summed E-state index contributed by atoms with van der Waals surface area (Å²) in [5, 5.41) is 10.2. The molecule has 1 aliphatic carbocycles. The number of carbonyl (C=O) groups is 2. The van der Waals surface area contributed by atoms with Crippen LogP contribution in [0.1, 0.15) is 64.4 Å². The summed E-state index contributed by atoms with van der Waals surface area (Å²) in [4.78, 5) is 27.0. The highest BCUT2D eigenvalue weighted by Gasteiger charge is 2.28. The number of amides is 1. The number of ether oxygens (including phenoxy) is 2. The van der Waals surface area contributed by atoms with Gasteiger partial charge in [0.25, 0.3) is 5.91 Å². The van der Waals surface area contributed by atoms with Crippen LogP contribution in [0.5, 0.6) is 5.75 Å². The van der Waals surface area contributed by atoms with Gasteiger partial charge in [0, 0.05) is 10.4 Å². The van der Waals surface area contributed by atoms with Crippen LogP contribution >= 0.6 is 11.3 Å². The van der Waals surface area contributed by atoms with Gasteiger partial charge in [-0.15, -0.1) is 11.3 Å². The van der Waals surface area contributed by atoms with Gasteiger partial charge in [0.2, 0.25) is 0 Å². The van der Waals surface area contributed by atoms with Crippen LogP contribution in [-0.2, 0) is 17.6 Å². The van der Waals surface area contributed by atoms with Crippen molar-refractivity contribution in [2.45, 2.75) is 58.7 Å². The number of hydrogen-bond acceptors (Lipinski definition) is 6. The molecule has 1 amide bonds. The lowest BCUT2D eigenvalue weighted by molar-refractivity contribution is -0.0498. The zero-order chi connectivity index (χ0) is 24.2. The maximum Gasteiger partial charge on any atom is 0.387 e. The molecule has 0 spiro atoms. The number of nitrogens with one attached hydrogen (secondary N) is 2. The number of benzene rings is 1. The first-order valence-corrected chi connectivity index (χ1v) is 11.9. The minimum absolute atomic E-state index is 0.0331. The number of hydrogen-bond donors (Lipinski definition) is 2. The molecule has 2 N–H and O–H groups in total. The van der Waals surface area contributed by atoms with Gasteiger partial charge in [0.15, 0.2) is 0 Å². The molecule has 1 aromatic carbocycles. The average Bonchev–Trinajstić information content (AvgIpc) is 3.44. The first kappa shape index (κ1) is 23.9. The summed E-state index contributed by atoms with van der Waals surface area (Å²) >= 11 is 1.42. The van der Waals surface area contributed by atoms with Crippen LogP contribution in [0.25, 0.3) is 11.3 Å². The second-order valence-electron chi connectivity index (χ2n) is 8.06. The topological polar surface area (TPSA) is 93.3 Å². The number of H-pyrrole nitrogens is 1. The van der Waals surface area contributed by atoms with E-state index in [4.69, 9.17) is 4.74 Å². The van der Waals surface area contributed by atoms with Crippen LogP contribution in [0.4, 0.5) is 13.8 Å². The van der Waals surface area contributed by atoms with Crippen LogP contribution in [0.2, 0.25) is 0 Å². The van der Waals surface area contributed by atoms with Gasteiger partial charge in [-0.1, -0.05) is 6.92 Å². The molecule has 2 aromatic heterocycles. The summed E-state index contributed by atoms with van der Waals surface area (Å²) in [5.41, 5.74) is 2.71. The summed E-state index contributed by atoms with van der Waals surface area (Å²) in [6.45, 7) is 0.883. The van der Waals surface area contributed by atoms with Crippen molar-refractivity contribution >= 4 is 28.2 Å². The molecule has 0 saturated heterocycles. The van der Waals surface area contributed by atoms with Crippen molar-refractivity contribution in [3.05, 3.63) is 52.0 Å². The predicted octanol–water partition coefficient (Wildman–Crippen LogP) is 5.83. The molecule has 0 radical (unpaired) electrons. The number of alkyl halides is 2. The molecule has 2 heterocycles. The van der Waals surface area contributed by atoms with Crippen molar-refractivity contribution in [1.29, 1.82) is 0 Å². The van der Waals surface area contributed by atoms with Gasteiger partial charge < -0.3 is 14.8 Å². The lowest BCUT2D eigenvalue weighted by Gasteiger charge is -2.15. The van der Waals surface area contributed by atoms with Gasteiger partial charge in [-0.05, 0) is 74.9 Å². The standard InChI is InChI=1S/C24H25F2N3O4S/c1-3-13(2)32-23(31)20-16-6-4-5-7-19(16)34-22(20)27-21(30)18-12-17(28-29-18)14-8-10-15(11-9-14)33-24(25)26/h8-13,24H,3-7H2,1-2H3,(H,27,30)(H,28,29). The summed E-state index contributed by atoms with van der Waals surface area (Å²) in [6, 6.07) is 7.52. The van der Waals surface area contributed by atoms with E-state index in [-0.39, 0.29) is 17.5 Å². The number of halogens is 2. The van der Waals surface area contributed by atoms with E-state index in [0.717, 1.165) is 36.1 Å². The predicted molar refractivity (Wildman–Crippen MR) is 125 cm³/mol. The van der Waals surface area contributed by atoms with E-state index in [1.165, 1.54) is 23.5 Å². The van der Waals surface area contributed by atoms with Gasteiger partial charge in [0.05, 0.1) is 17.4 Å². The summed E-state index contributed by atoms with van der Waals surface area (Å²) in [7, 11) is 0. The number of fused-ring (bicyclic) bond motifs is 1. The van der Waals surface area contributed by atoms with Gasteiger partial charge >= 0.3 is 12.6 Å². The Balaban J connectivity index is 1.54. The SMILES string of the molecule is CCC(C)OC(=O)c1c(NC(=O)c2cc(-c3ccc(OC(F)F)cc3)n[nH]2)sc2c1CCCC2. The fourth-order valence-electron chi connectivity index (χ4n) is 3.76. The van der Waals surface area contributed by atoms with Gasteiger partial charge in [0.1, 0.15) is 16.4 Å². The van der Waals surface area contributed by atoms with Crippen molar-refractivity contribution in [2.24, 2.45) is 0 Å². The number of nitrogens with zero attached hydrogens (tertiary/aromatic N) is 1. The number of rotatable bonds is 8. The van der Waals surface area contributed by atoms with E-state index in [2.05, 4.69) is 20.3 Å². The van der Waals surface area contributed by atoms with Crippen LogP contribution in [0, 0.1) is 0 Å². The second-order valence-corrected chi connectivity index (χ2v) is 9.17. The molecule has 1 atom stereocenters. The van der Waals surface area contributed by atoms with E-state index in [9.17, 15) is 18.4 Å².